The van der Waals surface area contributed by atoms with Crippen molar-refractivity contribution < 1.29 is 28.2 Å². The van der Waals surface area contributed by atoms with E-state index in [4.69, 9.17) is 20.9 Å². The molecule has 1 aromatic heterocycles. The Morgan fingerprint density at radius 1 is 1.24 bits per heavy atom. The van der Waals surface area contributed by atoms with E-state index in [9.17, 15) is 14.4 Å². The Kier molecular flexibility index (Phi) is 7.99. The number of nitrogens with two attached hydrogens (primary N) is 2. The lowest BCUT2D eigenvalue weighted by atomic mass is 10.0. The van der Waals surface area contributed by atoms with Gasteiger partial charge in [-0.1, -0.05) is 24.3 Å². The number of nitrogen functional groups attached to an aromatic ring is 1. The number of carbonyl (C=O) groups is 3. The Bertz CT molecular complexity index is 1290. The third-order valence-electron chi connectivity index (χ3n) is 5.95. The fourth-order valence-corrected chi connectivity index (χ4v) is 4.81. The minimum atomic E-state index is -1.31. The molecule has 0 aliphatic carbocycles. The zero-order valence-corrected chi connectivity index (χ0v) is 20.8. The molecule has 12 heteroatoms. The monoisotopic (exact) mass is 527 g/mol. The van der Waals surface area contributed by atoms with Gasteiger partial charge in [-0.25, -0.2) is 4.39 Å². The molecule has 194 valence electrons. The van der Waals surface area contributed by atoms with Crippen molar-refractivity contribution in [2.24, 2.45) is 5.73 Å². The first-order chi connectivity index (χ1) is 17.8. The Labute approximate surface area is 216 Å². The van der Waals surface area contributed by atoms with E-state index in [2.05, 4.69) is 9.69 Å². The molecule has 4 rings (SSSR count). The van der Waals surface area contributed by atoms with Crippen LogP contribution in [0.15, 0.2) is 48.5 Å². The van der Waals surface area contributed by atoms with Crippen LogP contribution in [0.25, 0.3) is 0 Å². The van der Waals surface area contributed by atoms with Crippen molar-refractivity contribution in [1.29, 1.82) is 0 Å². The highest BCUT2D eigenvalue weighted by Gasteiger charge is 2.37. The molecule has 10 nitrogen and oxygen atoms in total. The molecule has 0 unspecified atom stereocenters. The summed E-state index contributed by atoms with van der Waals surface area (Å²) in [6, 6.07) is 10.7. The molecular weight excluding hydrogens is 501 g/mol. The summed E-state index contributed by atoms with van der Waals surface area (Å²) in [5, 5.41) is 2.84. The van der Waals surface area contributed by atoms with Crippen molar-refractivity contribution in [3.63, 3.8) is 0 Å². The molecule has 1 aliphatic rings. The van der Waals surface area contributed by atoms with Crippen LogP contribution < -0.4 is 26.4 Å². The number of halogens is 1. The standard InChI is InChI=1S/C25H26FN5O5S/c1-35-15-10-8-14(9-11-15)21(24(33)29-13-16-5-4-12-36-16)31(18-7-3-2-6-17(18)26)25(34)22-19(27)20(23(28)32)30-37-22/h2-3,6-11,16,21H,4-5,12-13,27H2,1H3,(H2,28,32)(H,29,33)/t16-,21-/m0/s1. The third-order valence-corrected chi connectivity index (χ3v) is 6.80. The lowest BCUT2D eigenvalue weighted by Gasteiger charge is -2.31. The maximum absolute atomic E-state index is 15.2. The van der Waals surface area contributed by atoms with Gasteiger partial charge in [0.25, 0.3) is 11.8 Å². The van der Waals surface area contributed by atoms with Crippen molar-refractivity contribution >= 4 is 40.6 Å². The smallest absolute Gasteiger partial charge is 0.273 e. The van der Waals surface area contributed by atoms with E-state index in [1.54, 1.807) is 30.3 Å². The summed E-state index contributed by atoms with van der Waals surface area (Å²) >= 11 is 0.644. The first-order valence-corrected chi connectivity index (χ1v) is 12.3. The van der Waals surface area contributed by atoms with E-state index in [-0.39, 0.29) is 34.6 Å². The van der Waals surface area contributed by atoms with Crippen LogP contribution in [0.5, 0.6) is 5.75 Å². The summed E-state index contributed by atoms with van der Waals surface area (Å²) in [5.74, 6) is -2.49. The van der Waals surface area contributed by atoms with Crippen molar-refractivity contribution in [2.45, 2.75) is 25.0 Å². The molecule has 0 spiro atoms. The zero-order chi connectivity index (χ0) is 26.5. The molecule has 3 amide bonds. The van der Waals surface area contributed by atoms with Crippen molar-refractivity contribution in [3.05, 3.63) is 70.5 Å². The lowest BCUT2D eigenvalue weighted by molar-refractivity contribution is -0.123. The third kappa shape index (κ3) is 5.54. The van der Waals surface area contributed by atoms with E-state index in [0.717, 1.165) is 17.7 Å². The maximum Gasteiger partial charge on any atom is 0.273 e. The van der Waals surface area contributed by atoms with E-state index >= 15 is 4.39 Å². The quantitative estimate of drug-likeness (QED) is 0.387. The average Bonchev–Trinajstić information content (AvgIpc) is 3.56. The number of nitrogens with one attached hydrogen (secondary N) is 1. The number of anilines is 2. The van der Waals surface area contributed by atoms with Crippen molar-refractivity contribution in [1.82, 2.24) is 9.69 Å². The summed E-state index contributed by atoms with van der Waals surface area (Å²) in [6.07, 6.45) is 1.51. The molecule has 2 heterocycles. The Morgan fingerprint density at radius 2 is 1.97 bits per heavy atom. The molecule has 2 atom stereocenters. The number of hydrogen-bond acceptors (Lipinski definition) is 8. The summed E-state index contributed by atoms with van der Waals surface area (Å²) in [4.78, 5) is 40.2. The van der Waals surface area contributed by atoms with Crippen molar-refractivity contribution in [2.75, 3.05) is 30.9 Å². The van der Waals surface area contributed by atoms with Gasteiger partial charge in [0.05, 0.1) is 24.6 Å². The normalized spacial score (nSPS) is 15.7. The summed E-state index contributed by atoms with van der Waals surface area (Å²) < 4.78 is 29.9. The highest BCUT2D eigenvalue weighted by atomic mass is 32.1. The van der Waals surface area contributed by atoms with Gasteiger partial charge < -0.3 is 26.3 Å². The number of carbonyl (C=O) groups excluding carboxylic acids is 3. The fourth-order valence-electron chi connectivity index (χ4n) is 4.07. The van der Waals surface area contributed by atoms with E-state index in [1.807, 2.05) is 0 Å². The van der Waals surface area contributed by atoms with Crippen molar-refractivity contribution in [3.8, 4) is 5.75 Å². The molecule has 1 saturated heterocycles. The molecule has 2 aromatic carbocycles. The van der Waals surface area contributed by atoms with Gasteiger partial charge in [-0.2, -0.15) is 4.37 Å². The molecule has 3 aromatic rings. The average molecular weight is 528 g/mol. The predicted molar refractivity (Wildman–Crippen MR) is 136 cm³/mol. The molecule has 0 saturated carbocycles. The highest BCUT2D eigenvalue weighted by Crippen LogP contribution is 2.35. The van der Waals surface area contributed by atoms with E-state index < -0.39 is 29.6 Å². The lowest BCUT2D eigenvalue weighted by Crippen LogP contribution is -2.46. The van der Waals surface area contributed by atoms with Crippen LogP contribution in [0.3, 0.4) is 0 Å². The SMILES string of the molecule is COc1ccc([C@@H](C(=O)NC[C@@H]2CCCO2)N(C(=O)c2snc(C(N)=O)c2N)c2ccccc2F)cc1. The molecule has 1 aliphatic heterocycles. The molecular formula is C25H26FN5O5S. The summed E-state index contributed by atoms with van der Waals surface area (Å²) in [5.41, 5.74) is 11.1. The Morgan fingerprint density at radius 3 is 2.57 bits per heavy atom. The second kappa shape index (κ2) is 11.4. The van der Waals surface area contributed by atoms with Gasteiger partial charge >= 0.3 is 0 Å². The van der Waals surface area contributed by atoms with Crippen LogP contribution >= 0.6 is 11.5 Å². The molecule has 0 radical (unpaired) electrons. The van der Waals surface area contributed by atoms with Gasteiger partial charge in [0.2, 0.25) is 5.91 Å². The van der Waals surface area contributed by atoms with Gasteiger partial charge in [0.15, 0.2) is 5.69 Å². The highest BCUT2D eigenvalue weighted by molar-refractivity contribution is 7.09. The number of methoxy groups -OCH3 is 1. The second-order valence-electron chi connectivity index (χ2n) is 8.32. The topological polar surface area (TPSA) is 150 Å². The summed E-state index contributed by atoms with van der Waals surface area (Å²) in [7, 11) is 1.50. The number of amides is 3. The van der Waals surface area contributed by atoms with E-state index in [1.165, 1.54) is 25.3 Å². The number of nitrogens with zero attached hydrogens (tertiary/aromatic N) is 2. The van der Waals surface area contributed by atoms with Gasteiger partial charge in [0, 0.05) is 13.2 Å². The Balaban J connectivity index is 1.82. The molecule has 37 heavy (non-hydrogen) atoms. The predicted octanol–water partition coefficient (Wildman–Crippen LogP) is 2.66. The number of aromatic nitrogens is 1. The zero-order valence-electron chi connectivity index (χ0n) is 20.0. The number of ether oxygens (including phenoxy) is 2. The van der Waals surface area contributed by atoms with Crippen LogP contribution in [0.1, 0.15) is 44.6 Å². The Hall–Kier alpha value is -4.03. The van der Waals surface area contributed by atoms with E-state index in [0.29, 0.717) is 29.5 Å². The maximum atomic E-state index is 15.2. The first-order valence-electron chi connectivity index (χ1n) is 11.5. The number of primary amides is 1. The number of benzene rings is 2. The molecule has 0 bridgehead atoms. The van der Waals surface area contributed by atoms with Crippen LogP contribution in [0.4, 0.5) is 15.8 Å². The molecule has 5 N–H and O–H groups in total. The van der Waals surface area contributed by atoms with Gasteiger partial charge in [0.1, 0.15) is 22.5 Å². The fraction of sp³-hybridized carbons (Fsp3) is 0.280. The van der Waals surface area contributed by atoms with Gasteiger partial charge in [-0.3, -0.25) is 19.3 Å². The van der Waals surface area contributed by atoms with Crippen LogP contribution in [0.2, 0.25) is 0 Å². The largest absolute Gasteiger partial charge is 0.497 e. The second-order valence-corrected chi connectivity index (χ2v) is 9.09. The summed E-state index contributed by atoms with van der Waals surface area (Å²) in [6.45, 7) is 0.828. The minimum absolute atomic E-state index is 0.150. The van der Waals surface area contributed by atoms with Gasteiger partial charge in [-0.15, -0.1) is 0 Å². The number of hydrogen-bond donors (Lipinski definition) is 3. The van der Waals surface area contributed by atoms with Crippen LogP contribution in [0, 0.1) is 5.82 Å². The minimum Gasteiger partial charge on any atom is -0.497 e. The first kappa shape index (κ1) is 26.0. The van der Waals surface area contributed by atoms with Crippen LogP contribution in [-0.2, 0) is 9.53 Å². The number of para-hydroxylation sites is 1. The molecule has 1 fully saturated rings. The van der Waals surface area contributed by atoms with Gasteiger partial charge in [-0.05, 0) is 54.2 Å². The number of rotatable bonds is 9. The van der Waals surface area contributed by atoms with Crippen LogP contribution in [-0.4, -0.2) is 48.5 Å².